The molecule has 7 nitrogen and oxygen atoms in total. The Labute approximate surface area is 182 Å². The van der Waals surface area contributed by atoms with E-state index in [-0.39, 0.29) is 17.7 Å². The molecule has 0 aliphatic rings. The zero-order chi connectivity index (χ0) is 20.9. The number of halogens is 1. The molecule has 0 aliphatic heterocycles. The van der Waals surface area contributed by atoms with E-state index in [9.17, 15) is 4.79 Å². The number of rotatable bonds is 7. The molecule has 0 spiro atoms. The number of thioether (sulfide) groups is 1. The molecule has 0 aliphatic carbocycles. The van der Waals surface area contributed by atoms with E-state index in [2.05, 4.69) is 20.5 Å². The molecular weight excluding hydrogens is 422 g/mol. The molecule has 0 unspecified atom stereocenters. The van der Waals surface area contributed by atoms with E-state index in [1.54, 1.807) is 36.8 Å². The fourth-order valence-corrected chi connectivity index (χ4v) is 3.52. The molecule has 2 aromatic heterocycles. The van der Waals surface area contributed by atoms with Gasteiger partial charge in [0.1, 0.15) is 0 Å². The first-order chi connectivity index (χ1) is 14.6. The summed E-state index contributed by atoms with van der Waals surface area (Å²) in [5, 5.41) is 12.0. The predicted octanol–water partition coefficient (Wildman–Crippen LogP) is 4.55. The summed E-state index contributed by atoms with van der Waals surface area (Å²) >= 11 is 7.08. The van der Waals surface area contributed by atoms with Crippen LogP contribution in [0.1, 0.15) is 18.5 Å². The van der Waals surface area contributed by atoms with Gasteiger partial charge in [0.05, 0.1) is 18.1 Å². The molecule has 0 radical (unpaired) electrons. The molecule has 9 heteroatoms. The first-order valence-corrected chi connectivity index (χ1v) is 10.5. The van der Waals surface area contributed by atoms with Gasteiger partial charge in [-0.1, -0.05) is 35.5 Å². The lowest BCUT2D eigenvalue weighted by Crippen LogP contribution is -2.28. The van der Waals surface area contributed by atoms with Gasteiger partial charge in [-0.3, -0.25) is 4.79 Å². The lowest BCUT2D eigenvalue weighted by atomic mass is 10.1. The highest BCUT2D eigenvalue weighted by Crippen LogP contribution is 2.24. The monoisotopic (exact) mass is 439 g/mol. The number of benzene rings is 2. The van der Waals surface area contributed by atoms with Gasteiger partial charge >= 0.3 is 0 Å². The van der Waals surface area contributed by atoms with Crippen molar-refractivity contribution in [2.75, 3.05) is 5.75 Å². The van der Waals surface area contributed by atoms with Crippen molar-refractivity contribution in [3.8, 4) is 17.1 Å². The van der Waals surface area contributed by atoms with E-state index < -0.39 is 0 Å². The molecule has 30 heavy (non-hydrogen) atoms. The van der Waals surface area contributed by atoms with Gasteiger partial charge in [-0.25, -0.2) is 4.98 Å². The summed E-state index contributed by atoms with van der Waals surface area (Å²) in [5.74, 6) is 0.457. The van der Waals surface area contributed by atoms with Crippen LogP contribution in [0.3, 0.4) is 0 Å². The van der Waals surface area contributed by atoms with Gasteiger partial charge in [0.15, 0.2) is 0 Å². The van der Waals surface area contributed by atoms with E-state index >= 15 is 0 Å². The summed E-state index contributed by atoms with van der Waals surface area (Å²) in [4.78, 5) is 16.4. The van der Waals surface area contributed by atoms with Gasteiger partial charge < -0.3 is 14.3 Å². The molecule has 4 aromatic rings. The first kappa shape index (κ1) is 20.2. The fraction of sp³-hybridized carbons (Fsp3) is 0.143. The lowest BCUT2D eigenvalue weighted by Gasteiger charge is -2.14. The summed E-state index contributed by atoms with van der Waals surface area (Å²) in [6.07, 6.45) is 5.36. The molecular formula is C21H18ClN5O2S. The summed E-state index contributed by atoms with van der Waals surface area (Å²) in [7, 11) is 0. The zero-order valence-corrected chi connectivity index (χ0v) is 17.6. The third kappa shape index (κ3) is 4.90. The van der Waals surface area contributed by atoms with Crippen LogP contribution in [0, 0.1) is 0 Å². The van der Waals surface area contributed by atoms with Crippen LogP contribution in [0.5, 0.6) is 0 Å². The minimum atomic E-state index is -0.123. The molecule has 1 amide bonds. The standard InChI is InChI=1S/C21H18ClN5O2S/c1-14(15-4-8-18(9-5-15)27-11-10-23-13-27)24-19(28)12-30-21-26-25-20(29-21)16-2-6-17(22)7-3-16/h2-11,13-14H,12H2,1H3,(H,24,28)/t14-/m0/s1. The van der Waals surface area contributed by atoms with Crippen LogP contribution in [0.15, 0.2) is 76.9 Å². The van der Waals surface area contributed by atoms with Crippen molar-refractivity contribution in [3.63, 3.8) is 0 Å². The Morgan fingerprint density at radius 1 is 1.17 bits per heavy atom. The third-order valence-corrected chi connectivity index (χ3v) is 5.47. The highest BCUT2D eigenvalue weighted by atomic mass is 35.5. The number of nitrogens with one attached hydrogen (secondary N) is 1. The van der Waals surface area contributed by atoms with Crippen LogP contribution >= 0.6 is 23.4 Å². The van der Waals surface area contributed by atoms with E-state index in [4.69, 9.17) is 16.0 Å². The van der Waals surface area contributed by atoms with E-state index in [1.807, 2.05) is 42.0 Å². The van der Waals surface area contributed by atoms with Crippen LogP contribution in [0.2, 0.25) is 5.02 Å². The summed E-state index contributed by atoms with van der Waals surface area (Å²) in [5.41, 5.74) is 2.80. The van der Waals surface area contributed by atoms with Gasteiger partial charge in [0.2, 0.25) is 11.8 Å². The van der Waals surface area contributed by atoms with Crippen LogP contribution < -0.4 is 5.32 Å². The van der Waals surface area contributed by atoms with Crippen molar-refractivity contribution < 1.29 is 9.21 Å². The minimum absolute atomic E-state index is 0.113. The second-order valence-corrected chi connectivity index (χ2v) is 7.88. The van der Waals surface area contributed by atoms with Crippen molar-refractivity contribution in [3.05, 3.63) is 77.8 Å². The number of nitrogens with zero attached hydrogens (tertiary/aromatic N) is 4. The maximum atomic E-state index is 12.3. The Kier molecular flexibility index (Phi) is 6.15. The zero-order valence-electron chi connectivity index (χ0n) is 16.0. The van der Waals surface area contributed by atoms with Crippen LogP contribution in [0.25, 0.3) is 17.1 Å². The smallest absolute Gasteiger partial charge is 0.277 e. The SMILES string of the molecule is C[C@H](NC(=O)CSc1nnc(-c2ccc(Cl)cc2)o1)c1ccc(-n2ccnc2)cc1. The molecule has 4 rings (SSSR count). The maximum Gasteiger partial charge on any atom is 0.277 e. The van der Waals surface area contributed by atoms with Crippen molar-refractivity contribution >= 4 is 29.3 Å². The van der Waals surface area contributed by atoms with Gasteiger partial charge in [-0.15, -0.1) is 10.2 Å². The molecule has 0 saturated heterocycles. The van der Waals surface area contributed by atoms with Gasteiger partial charge in [0.25, 0.3) is 5.22 Å². The maximum absolute atomic E-state index is 12.3. The number of hydrogen-bond donors (Lipinski definition) is 1. The van der Waals surface area contributed by atoms with Crippen LogP contribution in [-0.4, -0.2) is 31.4 Å². The molecule has 1 N–H and O–H groups in total. The Balaban J connectivity index is 1.30. The van der Waals surface area contributed by atoms with Crippen molar-refractivity contribution in [1.29, 1.82) is 0 Å². The molecule has 0 bridgehead atoms. The van der Waals surface area contributed by atoms with E-state index in [1.165, 1.54) is 11.8 Å². The van der Waals surface area contributed by atoms with Crippen molar-refractivity contribution in [2.45, 2.75) is 18.2 Å². The average molecular weight is 440 g/mol. The number of carbonyl (C=O) groups is 1. The Bertz CT molecular complexity index is 1110. The average Bonchev–Trinajstić information content (AvgIpc) is 3.45. The van der Waals surface area contributed by atoms with Gasteiger partial charge in [-0.2, -0.15) is 0 Å². The Morgan fingerprint density at radius 2 is 1.93 bits per heavy atom. The number of carbonyl (C=O) groups excluding carboxylic acids is 1. The molecule has 152 valence electrons. The number of imidazole rings is 1. The normalized spacial score (nSPS) is 11.9. The molecule has 2 heterocycles. The van der Waals surface area contributed by atoms with Crippen LogP contribution in [-0.2, 0) is 4.79 Å². The number of amides is 1. The quantitative estimate of drug-likeness (QED) is 0.425. The molecule has 0 fully saturated rings. The fourth-order valence-electron chi connectivity index (χ4n) is 2.82. The summed E-state index contributed by atoms with van der Waals surface area (Å²) in [6.45, 7) is 1.94. The molecule has 1 atom stereocenters. The van der Waals surface area contributed by atoms with E-state index in [0.29, 0.717) is 16.1 Å². The highest BCUT2D eigenvalue weighted by Gasteiger charge is 2.14. The van der Waals surface area contributed by atoms with Crippen molar-refractivity contribution in [1.82, 2.24) is 25.1 Å². The Morgan fingerprint density at radius 3 is 2.63 bits per heavy atom. The number of aromatic nitrogens is 4. The van der Waals surface area contributed by atoms with Crippen LogP contribution in [0.4, 0.5) is 0 Å². The second kappa shape index (κ2) is 9.15. The topological polar surface area (TPSA) is 85.8 Å². The van der Waals surface area contributed by atoms with E-state index in [0.717, 1.165) is 16.8 Å². The minimum Gasteiger partial charge on any atom is -0.411 e. The molecule has 0 saturated carbocycles. The van der Waals surface area contributed by atoms with Crippen molar-refractivity contribution in [2.24, 2.45) is 0 Å². The third-order valence-electron chi connectivity index (χ3n) is 4.40. The Hall–Kier alpha value is -3.10. The number of hydrogen-bond acceptors (Lipinski definition) is 6. The lowest BCUT2D eigenvalue weighted by molar-refractivity contribution is -0.119. The summed E-state index contributed by atoms with van der Waals surface area (Å²) < 4.78 is 7.53. The highest BCUT2D eigenvalue weighted by molar-refractivity contribution is 7.99. The van der Waals surface area contributed by atoms with Gasteiger partial charge in [-0.05, 0) is 48.9 Å². The first-order valence-electron chi connectivity index (χ1n) is 9.18. The van der Waals surface area contributed by atoms with Gasteiger partial charge in [0, 0.05) is 28.7 Å². The largest absolute Gasteiger partial charge is 0.411 e. The predicted molar refractivity (Wildman–Crippen MR) is 116 cm³/mol. The second-order valence-electron chi connectivity index (χ2n) is 6.52. The molecule has 2 aromatic carbocycles. The summed E-state index contributed by atoms with van der Waals surface area (Å²) in [6, 6.07) is 15.0.